The maximum Gasteiger partial charge on any atom is 0.191 e. The number of hydrogen-bond acceptors (Lipinski definition) is 5. The van der Waals surface area contributed by atoms with E-state index in [-0.39, 0.29) is 24.0 Å². The van der Waals surface area contributed by atoms with Crippen LogP contribution in [0.25, 0.3) is 0 Å². The second-order valence-corrected chi connectivity index (χ2v) is 6.80. The molecular weight excluding hydrogens is 437 g/mol. The summed E-state index contributed by atoms with van der Waals surface area (Å²) in [6, 6.07) is 0. The third-order valence-electron chi connectivity index (χ3n) is 3.41. The highest BCUT2D eigenvalue weighted by Gasteiger charge is 2.05. The van der Waals surface area contributed by atoms with Gasteiger partial charge in [0.2, 0.25) is 0 Å². The Bertz CT molecular complexity index is 481. The zero-order valence-corrected chi connectivity index (χ0v) is 18.7. The molecule has 2 N–H and O–H groups in total. The first kappa shape index (κ1) is 23.5. The van der Waals surface area contributed by atoms with Crippen LogP contribution < -0.4 is 10.6 Å². The second-order valence-electron chi connectivity index (χ2n) is 5.51. The lowest BCUT2D eigenvalue weighted by molar-refractivity contribution is 0.161. The number of aryl methyl sites for hydroxylation is 2. The van der Waals surface area contributed by atoms with Crippen LogP contribution in [-0.4, -0.2) is 62.8 Å². The number of hydrogen-bond donors (Lipinski definition) is 2. The minimum atomic E-state index is 0. The Kier molecular flexibility index (Phi) is 13.5. The first-order valence-electron chi connectivity index (χ1n) is 8.19. The van der Waals surface area contributed by atoms with E-state index in [4.69, 9.17) is 4.74 Å². The summed E-state index contributed by atoms with van der Waals surface area (Å²) in [6.45, 7) is 11.4. The highest BCUT2D eigenvalue weighted by molar-refractivity contribution is 14.0. The molecule has 0 aliphatic heterocycles. The summed E-state index contributed by atoms with van der Waals surface area (Å²) in [5, 5.41) is 7.79. The van der Waals surface area contributed by atoms with Gasteiger partial charge in [-0.1, -0.05) is 0 Å². The Labute approximate surface area is 167 Å². The number of methoxy groups -OCH3 is 1. The van der Waals surface area contributed by atoms with Crippen LogP contribution in [0.2, 0.25) is 0 Å². The van der Waals surface area contributed by atoms with Gasteiger partial charge in [-0.2, -0.15) is 0 Å². The van der Waals surface area contributed by atoms with Crippen molar-refractivity contribution in [1.29, 1.82) is 0 Å². The van der Waals surface area contributed by atoms with Crippen molar-refractivity contribution in [2.45, 2.75) is 33.7 Å². The van der Waals surface area contributed by atoms with Crippen LogP contribution in [0, 0.1) is 13.8 Å². The Morgan fingerprint density at radius 3 is 2.62 bits per heavy atom. The molecule has 24 heavy (non-hydrogen) atoms. The molecule has 0 atom stereocenters. The van der Waals surface area contributed by atoms with Gasteiger partial charge in [0, 0.05) is 31.6 Å². The molecule has 1 rings (SSSR count). The van der Waals surface area contributed by atoms with Gasteiger partial charge < -0.3 is 20.3 Å². The molecule has 0 amide bonds. The van der Waals surface area contributed by atoms with Crippen LogP contribution in [0.15, 0.2) is 4.99 Å². The maximum atomic E-state index is 5.08. The van der Waals surface area contributed by atoms with Gasteiger partial charge in [0.05, 0.1) is 23.9 Å². The zero-order valence-electron chi connectivity index (χ0n) is 15.5. The molecule has 0 spiro atoms. The molecule has 0 bridgehead atoms. The molecule has 1 aromatic rings. The van der Waals surface area contributed by atoms with Gasteiger partial charge in [-0.15, -0.1) is 35.3 Å². The van der Waals surface area contributed by atoms with Crippen molar-refractivity contribution in [1.82, 2.24) is 20.5 Å². The molecule has 0 unspecified atom stereocenters. The number of nitrogens with one attached hydrogen (secondary N) is 2. The SMILES string of the molecule is CCNC(=NCc1sc(C)nc1C)NCCCN(C)CCOC.I. The third kappa shape index (κ3) is 9.75. The van der Waals surface area contributed by atoms with Crippen LogP contribution in [0.1, 0.15) is 28.9 Å². The van der Waals surface area contributed by atoms with E-state index in [0.717, 1.165) is 55.9 Å². The van der Waals surface area contributed by atoms with E-state index >= 15 is 0 Å². The van der Waals surface area contributed by atoms with Crippen LogP contribution in [0.4, 0.5) is 0 Å². The van der Waals surface area contributed by atoms with Crippen LogP contribution in [0.3, 0.4) is 0 Å². The molecule has 0 aliphatic carbocycles. The van der Waals surface area contributed by atoms with Crippen LogP contribution in [0.5, 0.6) is 0 Å². The van der Waals surface area contributed by atoms with E-state index in [9.17, 15) is 0 Å². The summed E-state index contributed by atoms with van der Waals surface area (Å²) in [6.07, 6.45) is 1.07. The molecule has 1 heterocycles. The van der Waals surface area contributed by atoms with Crippen molar-refractivity contribution < 1.29 is 4.74 Å². The van der Waals surface area contributed by atoms with Gasteiger partial charge in [-0.25, -0.2) is 9.98 Å². The fraction of sp³-hybridized carbons (Fsp3) is 0.750. The number of ether oxygens (including phenoxy) is 1. The summed E-state index contributed by atoms with van der Waals surface area (Å²) in [5.74, 6) is 0.873. The highest BCUT2D eigenvalue weighted by Crippen LogP contribution is 2.17. The number of likely N-dealkylation sites (N-methyl/N-ethyl adjacent to an activating group) is 1. The van der Waals surface area contributed by atoms with E-state index in [2.05, 4.69) is 39.5 Å². The summed E-state index contributed by atoms with van der Waals surface area (Å²) >= 11 is 1.72. The Balaban J connectivity index is 0.00000529. The third-order valence-corrected chi connectivity index (χ3v) is 4.47. The average Bonchev–Trinajstić information content (AvgIpc) is 2.84. The number of aliphatic imine (C=N–C) groups is 1. The molecular formula is C16H32IN5OS. The lowest BCUT2D eigenvalue weighted by Gasteiger charge is -2.16. The zero-order chi connectivity index (χ0) is 17.1. The predicted octanol–water partition coefficient (Wildman–Crippen LogP) is 2.40. The van der Waals surface area contributed by atoms with E-state index in [0.29, 0.717) is 6.54 Å². The normalized spacial score (nSPS) is 11.5. The van der Waals surface area contributed by atoms with E-state index in [1.165, 1.54) is 4.88 Å². The molecule has 0 saturated heterocycles. The van der Waals surface area contributed by atoms with Gasteiger partial charge in [-0.3, -0.25) is 0 Å². The topological polar surface area (TPSA) is 61.8 Å². The van der Waals surface area contributed by atoms with Crippen molar-refractivity contribution in [3.63, 3.8) is 0 Å². The van der Waals surface area contributed by atoms with E-state index in [1.54, 1.807) is 18.4 Å². The number of thiazole rings is 1. The molecule has 0 aliphatic rings. The monoisotopic (exact) mass is 469 g/mol. The largest absolute Gasteiger partial charge is 0.383 e. The van der Waals surface area contributed by atoms with E-state index in [1.807, 2.05) is 13.8 Å². The quantitative estimate of drug-likeness (QED) is 0.239. The standard InChI is InChI=1S/C16H31N5OS.HI/c1-6-17-16(18-8-7-9-21(4)10-11-22-5)19-12-15-13(2)20-14(3)23-15;/h6-12H2,1-5H3,(H2,17,18,19);1H. The predicted molar refractivity (Wildman–Crippen MR) is 114 cm³/mol. The average molecular weight is 469 g/mol. The number of rotatable bonds is 10. The van der Waals surface area contributed by atoms with Gasteiger partial charge >= 0.3 is 0 Å². The van der Waals surface area contributed by atoms with Gasteiger partial charge in [0.25, 0.3) is 0 Å². The minimum Gasteiger partial charge on any atom is -0.383 e. The van der Waals surface area contributed by atoms with Gasteiger partial charge in [-0.05, 0) is 40.8 Å². The molecule has 0 saturated carbocycles. The number of aromatic nitrogens is 1. The molecule has 1 aromatic heterocycles. The maximum absolute atomic E-state index is 5.08. The summed E-state index contributed by atoms with van der Waals surface area (Å²) in [7, 11) is 3.86. The number of nitrogens with zero attached hydrogens (tertiary/aromatic N) is 3. The molecule has 140 valence electrons. The van der Waals surface area contributed by atoms with E-state index < -0.39 is 0 Å². The molecule has 6 nitrogen and oxygen atoms in total. The Hall–Kier alpha value is -0.450. The Morgan fingerprint density at radius 2 is 2.04 bits per heavy atom. The Morgan fingerprint density at radius 1 is 1.29 bits per heavy atom. The summed E-state index contributed by atoms with van der Waals surface area (Å²) in [4.78, 5) is 12.6. The number of halogens is 1. The fourth-order valence-corrected chi connectivity index (χ4v) is 2.99. The lowest BCUT2D eigenvalue weighted by atomic mass is 10.4. The van der Waals surface area contributed by atoms with Crippen LogP contribution in [-0.2, 0) is 11.3 Å². The first-order valence-corrected chi connectivity index (χ1v) is 9.01. The molecule has 8 heteroatoms. The van der Waals surface area contributed by atoms with Crippen molar-refractivity contribution >= 4 is 41.3 Å². The fourth-order valence-electron chi connectivity index (χ4n) is 2.13. The van der Waals surface area contributed by atoms with Crippen molar-refractivity contribution in [3.05, 3.63) is 15.6 Å². The van der Waals surface area contributed by atoms with Crippen molar-refractivity contribution in [2.24, 2.45) is 4.99 Å². The summed E-state index contributed by atoms with van der Waals surface area (Å²) in [5.41, 5.74) is 1.09. The smallest absolute Gasteiger partial charge is 0.191 e. The second kappa shape index (κ2) is 13.8. The lowest BCUT2D eigenvalue weighted by Crippen LogP contribution is -2.38. The van der Waals surface area contributed by atoms with Gasteiger partial charge in [0.1, 0.15) is 0 Å². The molecule has 0 fully saturated rings. The molecule has 0 radical (unpaired) electrons. The van der Waals surface area contributed by atoms with Crippen molar-refractivity contribution in [3.8, 4) is 0 Å². The highest BCUT2D eigenvalue weighted by atomic mass is 127. The number of guanidine groups is 1. The molecule has 0 aromatic carbocycles. The van der Waals surface area contributed by atoms with Crippen molar-refractivity contribution in [2.75, 3.05) is 46.9 Å². The van der Waals surface area contributed by atoms with Crippen LogP contribution >= 0.6 is 35.3 Å². The summed E-state index contributed by atoms with van der Waals surface area (Å²) < 4.78 is 5.08. The van der Waals surface area contributed by atoms with Gasteiger partial charge in [0.15, 0.2) is 5.96 Å². The first-order chi connectivity index (χ1) is 11.1. The minimum absolute atomic E-state index is 0.